The number of methoxy groups -OCH3 is 1. The second kappa shape index (κ2) is 8.31. The Labute approximate surface area is 173 Å². The Morgan fingerprint density at radius 2 is 1.89 bits per heavy atom. The van der Waals surface area contributed by atoms with Crippen LogP contribution in [-0.4, -0.2) is 32.8 Å². The SMILES string of the molecule is CCOc1c(Br)cc(C(=O)NC(C)(C)c2ccc3c(c2)OCCO3)cc1OC. The van der Waals surface area contributed by atoms with Crippen LogP contribution < -0.4 is 24.3 Å². The number of nitrogens with one attached hydrogen (secondary N) is 1. The molecule has 0 aromatic heterocycles. The van der Waals surface area contributed by atoms with E-state index in [1.54, 1.807) is 19.2 Å². The van der Waals surface area contributed by atoms with Crippen molar-refractivity contribution >= 4 is 21.8 Å². The van der Waals surface area contributed by atoms with Gasteiger partial charge in [0.1, 0.15) is 13.2 Å². The van der Waals surface area contributed by atoms with E-state index in [0.717, 1.165) is 11.3 Å². The maximum atomic E-state index is 12.9. The van der Waals surface area contributed by atoms with Crippen LogP contribution in [0.3, 0.4) is 0 Å². The molecule has 1 N–H and O–H groups in total. The molecule has 0 spiro atoms. The van der Waals surface area contributed by atoms with E-state index in [1.165, 1.54) is 0 Å². The summed E-state index contributed by atoms with van der Waals surface area (Å²) in [4.78, 5) is 12.9. The zero-order valence-corrected chi connectivity index (χ0v) is 18.0. The second-order valence-electron chi connectivity index (χ2n) is 6.86. The van der Waals surface area contributed by atoms with Gasteiger partial charge in [-0.2, -0.15) is 0 Å². The van der Waals surface area contributed by atoms with E-state index >= 15 is 0 Å². The predicted octanol–water partition coefficient (Wildman–Crippen LogP) is 4.29. The highest BCUT2D eigenvalue weighted by Gasteiger charge is 2.26. The van der Waals surface area contributed by atoms with Gasteiger partial charge in [0.2, 0.25) is 0 Å². The predicted molar refractivity (Wildman–Crippen MR) is 110 cm³/mol. The fourth-order valence-electron chi connectivity index (χ4n) is 3.00. The average molecular weight is 450 g/mol. The zero-order valence-electron chi connectivity index (χ0n) is 16.4. The van der Waals surface area contributed by atoms with Crippen molar-refractivity contribution in [3.05, 3.63) is 45.9 Å². The van der Waals surface area contributed by atoms with Crippen LogP contribution in [0.15, 0.2) is 34.8 Å². The number of rotatable bonds is 6. The Hall–Kier alpha value is -2.41. The number of benzene rings is 2. The molecule has 0 atom stereocenters. The van der Waals surface area contributed by atoms with E-state index in [-0.39, 0.29) is 5.91 Å². The van der Waals surface area contributed by atoms with Crippen molar-refractivity contribution in [2.75, 3.05) is 26.9 Å². The largest absolute Gasteiger partial charge is 0.493 e. The highest BCUT2D eigenvalue weighted by atomic mass is 79.9. The van der Waals surface area contributed by atoms with Gasteiger partial charge in [0.25, 0.3) is 5.91 Å². The first kappa shape index (κ1) is 20.3. The molecule has 0 bridgehead atoms. The molecule has 0 unspecified atom stereocenters. The molecule has 0 saturated heterocycles. The second-order valence-corrected chi connectivity index (χ2v) is 7.71. The summed E-state index contributed by atoms with van der Waals surface area (Å²) >= 11 is 3.46. The van der Waals surface area contributed by atoms with Crippen LogP contribution in [0.1, 0.15) is 36.7 Å². The summed E-state index contributed by atoms with van der Waals surface area (Å²) in [7, 11) is 1.55. The third-order valence-electron chi connectivity index (χ3n) is 4.47. The molecule has 0 radical (unpaired) electrons. The summed E-state index contributed by atoms with van der Waals surface area (Å²) in [5.41, 5.74) is 0.769. The van der Waals surface area contributed by atoms with Crippen molar-refractivity contribution in [3.8, 4) is 23.0 Å². The van der Waals surface area contributed by atoms with Crippen molar-refractivity contribution in [1.82, 2.24) is 5.32 Å². The number of fused-ring (bicyclic) bond motifs is 1. The van der Waals surface area contributed by atoms with E-state index in [0.29, 0.717) is 47.1 Å². The molecule has 3 rings (SSSR count). The molecular weight excluding hydrogens is 426 g/mol. The maximum Gasteiger partial charge on any atom is 0.252 e. The summed E-state index contributed by atoms with van der Waals surface area (Å²) in [5, 5.41) is 3.07. The molecule has 1 aliphatic rings. The minimum Gasteiger partial charge on any atom is -0.493 e. The molecule has 0 fully saturated rings. The first-order valence-corrected chi connectivity index (χ1v) is 9.88. The molecule has 7 heteroatoms. The lowest BCUT2D eigenvalue weighted by Gasteiger charge is -2.29. The van der Waals surface area contributed by atoms with Crippen molar-refractivity contribution in [3.63, 3.8) is 0 Å². The Balaban J connectivity index is 1.84. The monoisotopic (exact) mass is 449 g/mol. The maximum absolute atomic E-state index is 12.9. The first-order chi connectivity index (χ1) is 13.4. The topological polar surface area (TPSA) is 66.0 Å². The lowest BCUT2D eigenvalue weighted by Crippen LogP contribution is -2.41. The van der Waals surface area contributed by atoms with Gasteiger partial charge in [0, 0.05) is 5.56 Å². The Bertz CT molecular complexity index is 881. The van der Waals surface area contributed by atoms with Crippen LogP contribution in [0.2, 0.25) is 0 Å². The Morgan fingerprint density at radius 3 is 2.57 bits per heavy atom. The number of ether oxygens (including phenoxy) is 4. The fraction of sp³-hybridized carbons (Fsp3) is 0.381. The normalized spacial score (nSPS) is 13.0. The summed E-state index contributed by atoms with van der Waals surface area (Å²) in [5.74, 6) is 2.27. The molecule has 1 amide bonds. The molecule has 0 aliphatic carbocycles. The van der Waals surface area contributed by atoms with Crippen LogP contribution in [0.25, 0.3) is 0 Å². The van der Waals surface area contributed by atoms with Gasteiger partial charge < -0.3 is 24.3 Å². The molecule has 1 heterocycles. The quantitative estimate of drug-likeness (QED) is 0.712. The highest BCUT2D eigenvalue weighted by Crippen LogP contribution is 2.37. The Morgan fingerprint density at radius 1 is 1.18 bits per heavy atom. The van der Waals surface area contributed by atoms with E-state index < -0.39 is 5.54 Å². The van der Waals surface area contributed by atoms with Crippen LogP contribution >= 0.6 is 15.9 Å². The lowest BCUT2D eigenvalue weighted by atomic mass is 9.93. The highest BCUT2D eigenvalue weighted by molar-refractivity contribution is 9.10. The van der Waals surface area contributed by atoms with Crippen LogP contribution in [0, 0.1) is 0 Å². The third-order valence-corrected chi connectivity index (χ3v) is 5.06. The average Bonchev–Trinajstić information content (AvgIpc) is 2.68. The van der Waals surface area contributed by atoms with Crippen LogP contribution in [0.5, 0.6) is 23.0 Å². The molecular formula is C21H24BrNO5. The summed E-state index contributed by atoms with van der Waals surface area (Å²) in [6, 6.07) is 9.11. The summed E-state index contributed by atoms with van der Waals surface area (Å²) in [6.45, 7) is 7.33. The Kier molecular flexibility index (Phi) is 6.03. The van der Waals surface area contributed by atoms with E-state index in [2.05, 4.69) is 21.2 Å². The number of carbonyl (C=O) groups excluding carboxylic acids is 1. The van der Waals surface area contributed by atoms with Gasteiger partial charge in [-0.25, -0.2) is 0 Å². The number of amides is 1. The molecule has 2 aromatic carbocycles. The number of hydrogen-bond acceptors (Lipinski definition) is 5. The minimum absolute atomic E-state index is 0.220. The van der Waals surface area contributed by atoms with Crippen LogP contribution in [0.4, 0.5) is 0 Å². The van der Waals surface area contributed by atoms with Gasteiger partial charge >= 0.3 is 0 Å². The zero-order chi connectivity index (χ0) is 20.3. The number of carbonyl (C=O) groups is 1. The molecule has 0 saturated carbocycles. The van der Waals surface area contributed by atoms with Crippen molar-refractivity contribution in [2.45, 2.75) is 26.3 Å². The summed E-state index contributed by atoms with van der Waals surface area (Å²) < 4.78 is 22.9. The standard InChI is InChI=1S/C21H24BrNO5/c1-5-26-19-15(22)10-13(11-18(19)25-4)20(24)23-21(2,3)14-6-7-16-17(12-14)28-9-8-27-16/h6-7,10-12H,5,8-9H2,1-4H3,(H,23,24). The smallest absolute Gasteiger partial charge is 0.252 e. The molecule has 28 heavy (non-hydrogen) atoms. The van der Waals surface area contributed by atoms with Gasteiger partial charge in [-0.1, -0.05) is 6.07 Å². The number of hydrogen-bond donors (Lipinski definition) is 1. The van der Waals surface area contributed by atoms with E-state index in [1.807, 2.05) is 39.0 Å². The van der Waals surface area contributed by atoms with Crippen LogP contribution in [-0.2, 0) is 5.54 Å². The van der Waals surface area contributed by atoms with Crippen molar-refractivity contribution in [2.24, 2.45) is 0 Å². The van der Waals surface area contributed by atoms with Crippen molar-refractivity contribution < 1.29 is 23.7 Å². The molecule has 150 valence electrons. The first-order valence-electron chi connectivity index (χ1n) is 9.08. The third kappa shape index (κ3) is 4.19. The lowest BCUT2D eigenvalue weighted by molar-refractivity contribution is 0.0911. The molecule has 2 aromatic rings. The number of halogens is 1. The minimum atomic E-state index is -0.620. The summed E-state index contributed by atoms with van der Waals surface area (Å²) in [6.07, 6.45) is 0. The molecule has 1 aliphatic heterocycles. The van der Waals surface area contributed by atoms with Crippen molar-refractivity contribution in [1.29, 1.82) is 0 Å². The molecule has 6 nitrogen and oxygen atoms in total. The fourth-order valence-corrected chi connectivity index (χ4v) is 3.55. The van der Waals surface area contributed by atoms with Gasteiger partial charge in [-0.3, -0.25) is 4.79 Å². The van der Waals surface area contributed by atoms with Gasteiger partial charge in [-0.15, -0.1) is 0 Å². The van der Waals surface area contributed by atoms with Gasteiger partial charge in [-0.05, 0) is 66.5 Å². The van der Waals surface area contributed by atoms with Gasteiger partial charge in [0.15, 0.2) is 23.0 Å². The van der Waals surface area contributed by atoms with E-state index in [4.69, 9.17) is 18.9 Å². The van der Waals surface area contributed by atoms with Gasteiger partial charge in [0.05, 0.1) is 23.7 Å². The van der Waals surface area contributed by atoms with E-state index in [9.17, 15) is 4.79 Å².